The number of rotatable bonds is 8. The van der Waals surface area contributed by atoms with Gasteiger partial charge in [0.1, 0.15) is 17.2 Å². The standard InChI is InChI=1S/C27H34FN5O5S/c1-4-31(3)39(35,36)30-26(34)22-18-29-33-13-9-20(17-24(22)33)32-12-5-6-23(32)21-16-19(28)7-8-25(21)38-27(2)10-14-37-15-11-27/h7-9,13,16-18,23H,4-6,10-12,14-15H2,1-3H3,(H,30,34). The van der Waals surface area contributed by atoms with Crippen molar-refractivity contribution in [3.8, 4) is 5.75 Å². The average Bonchev–Trinajstić information content (AvgIpc) is 3.56. The van der Waals surface area contributed by atoms with E-state index in [1.54, 1.807) is 25.3 Å². The molecule has 2 fully saturated rings. The number of carbonyl (C=O) groups is 1. The zero-order valence-electron chi connectivity index (χ0n) is 22.4. The van der Waals surface area contributed by atoms with Crippen LogP contribution in [0, 0.1) is 5.82 Å². The largest absolute Gasteiger partial charge is 0.487 e. The van der Waals surface area contributed by atoms with E-state index < -0.39 is 16.1 Å². The summed E-state index contributed by atoms with van der Waals surface area (Å²) < 4.78 is 56.1. The molecule has 2 saturated heterocycles. The summed E-state index contributed by atoms with van der Waals surface area (Å²) in [6.45, 7) is 5.94. The number of amides is 1. The highest BCUT2D eigenvalue weighted by atomic mass is 32.2. The van der Waals surface area contributed by atoms with Crippen LogP contribution in [0.1, 0.15) is 61.5 Å². The molecule has 1 amide bonds. The molecule has 4 heterocycles. The van der Waals surface area contributed by atoms with Crippen molar-refractivity contribution in [2.75, 3.05) is 38.3 Å². The van der Waals surface area contributed by atoms with Crippen LogP contribution in [0.5, 0.6) is 5.75 Å². The molecule has 0 bridgehead atoms. The Balaban J connectivity index is 1.46. The van der Waals surface area contributed by atoms with Gasteiger partial charge in [0.25, 0.3) is 5.91 Å². The second kappa shape index (κ2) is 10.7. The van der Waals surface area contributed by atoms with Gasteiger partial charge in [0, 0.05) is 50.4 Å². The minimum absolute atomic E-state index is 0.139. The number of pyridine rings is 1. The van der Waals surface area contributed by atoms with Gasteiger partial charge in [0.05, 0.1) is 36.5 Å². The van der Waals surface area contributed by atoms with Crippen LogP contribution in [0.15, 0.2) is 42.7 Å². The van der Waals surface area contributed by atoms with Crippen molar-refractivity contribution in [1.29, 1.82) is 0 Å². The van der Waals surface area contributed by atoms with Crippen molar-refractivity contribution >= 4 is 27.3 Å². The number of aromatic nitrogens is 2. The maximum Gasteiger partial charge on any atom is 0.303 e. The van der Waals surface area contributed by atoms with E-state index in [4.69, 9.17) is 9.47 Å². The first-order valence-corrected chi connectivity index (χ1v) is 14.6. The van der Waals surface area contributed by atoms with E-state index in [9.17, 15) is 17.6 Å². The molecule has 0 aliphatic carbocycles. The first kappa shape index (κ1) is 27.4. The van der Waals surface area contributed by atoms with Gasteiger partial charge in [-0.2, -0.15) is 17.8 Å². The summed E-state index contributed by atoms with van der Waals surface area (Å²) in [7, 11) is -2.58. The molecule has 2 aromatic heterocycles. The van der Waals surface area contributed by atoms with E-state index in [0.717, 1.165) is 47.8 Å². The maximum atomic E-state index is 14.5. The summed E-state index contributed by atoms with van der Waals surface area (Å²) in [6.07, 6.45) is 6.29. The Hall–Kier alpha value is -3.22. The number of anilines is 1. The number of nitrogens with zero attached hydrogens (tertiary/aromatic N) is 4. The Morgan fingerprint density at radius 3 is 2.79 bits per heavy atom. The number of ether oxygens (including phenoxy) is 2. The molecule has 1 aromatic carbocycles. The lowest BCUT2D eigenvalue weighted by atomic mass is 9.95. The molecule has 10 nitrogen and oxygen atoms in total. The van der Waals surface area contributed by atoms with Crippen LogP contribution >= 0.6 is 0 Å². The fourth-order valence-electron chi connectivity index (χ4n) is 5.19. The third-order valence-corrected chi connectivity index (χ3v) is 9.17. The Bertz CT molecular complexity index is 1470. The van der Waals surface area contributed by atoms with Crippen LogP contribution in [0.4, 0.5) is 10.1 Å². The Labute approximate surface area is 227 Å². The lowest BCUT2D eigenvalue weighted by Crippen LogP contribution is -2.41. The summed E-state index contributed by atoms with van der Waals surface area (Å²) in [5.41, 5.74) is 1.82. The van der Waals surface area contributed by atoms with E-state index in [2.05, 4.69) is 21.6 Å². The molecule has 12 heteroatoms. The number of hydrogen-bond donors (Lipinski definition) is 1. The highest BCUT2D eigenvalue weighted by Gasteiger charge is 2.34. The van der Waals surface area contributed by atoms with Crippen molar-refractivity contribution in [1.82, 2.24) is 18.6 Å². The van der Waals surface area contributed by atoms with Gasteiger partial charge in [-0.25, -0.2) is 13.6 Å². The first-order valence-electron chi connectivity index (χ1n) is 13.2. The fourth-order valence-corrected chi connectivity index (χ4v) is 6.03. The van der Waals surface area contributed by atoms with Crippen LogP contribution in [0.3, 0.4) is 0 Å². The number of fused-ring (bicyclic) bond motifs is 1. The van der Waals surface area contributed by atoms with E-state index in [1.165, 1.54) is 23.8 Å². The van der Waals surface area contributed by atoms with Gasteiger partial charge >= 0.3 is 10.2 Å². The van der Waals surface area contributed by atoms with Gasteiger partial charge in [0.15, 0.2) is 0 Å². The van der Waals surface area contributed by atoms with Gasteiger partial charge < -0.3 is 14.4 Å². The number of benzene rings is 1. The molecular weight excluding hydrogens is 525 g/mol. The molecule has 39 heavy (non-hydrogen) atoms. The molecule has 3 aromatic rings. The van der Waals surface area contributed by atoms with E-state index in [-0.39, 0.29) is 29.6 Å². The van der Waals surface area contributed by atoms with E-state index in [1.807, 2.05) is 12.1 Å². The molecule has 0 radical (unpaired) electrons. The Morgan fingerprint density at radius 1 is 1.28 bits per heavy atom. The number of halogens is 1. The van der Waals surface area contributed by atoms with Gasteiger partial charge in [-0.1, -0.05) is 6.92 Å². The molecular formula is C27H34FN5O5S. The van der Waals surface area contributed by atoms with Crippen molar-refractivity contribution in [3.05, 3.63) is 59.7 Å². The van der Waals surface area contributed by atoms with Gasteiger partial charge in [0.2, 0.25) is 0 Å². The summed E-state index contributed by atoms with van der Waals surface area (Å²) in [4.78, 5) is 15.1. The molecule has 210 valence electrons. The molecule has 1 atom stereocenters. The highest BCUT2D eigenvalue weighted by Crippen LogP contribution is 2.42. The van der Waals surface area contributed by atoms with E-state index in [0.29, 0.717) is 24.5 Å². The first-order chi connectivity index (χ1) is 18.6. The monoisotopic (exact) mass is 559 g/mol. The minimum atomic E-state index is -3.97. The molecule has 2 aliphatic rings. The summed E-state index contributed by atoms with van der Waals surface area (Å²) in [6, 6.07) is 8.25. The van der Waals surface area contributed by atoms with Crippen LogP contribution in [0.25, 0.3) is 5.52 Å². The van der Waals surface area contributed by atoms with Gasteiger partial charge in [-0.05, 0) is 50.1 Å². The topological polar surface area (TPSA) is 105 Å². The minimum Gasteiger partial charge on any atom is -0.487 e. The van der Waals surface area contributed by atoms with E-state index >= 15 is 0 Å². The fraction of sp³-hybridized carbons (Fsp3) is 0.481. The van der Waals surface area contributed by atoms with Crippen LogP contribution in [-0.4, -0.2) is 67.2 Å². The predicted molar refractivity (Wildman–Crippen MR) is 145 cm³/mol. The SMILES string of the molecule is CCN(C)S(=O)(=O)NC(=O)c1cnn2ccc(N3CCCC3c3cc(F)ccc3OC3(C)CCOCC3)cc12. The molecule has 0 saturated carbocycles. The van der Waals surface area contributed by atoms with Gasteiger partial charge in [-0.15, -0.1) is 0 Å². The van der Waals surface area contributed by atoms with Crippen molar-refractivity contribution < 1.29 is 27.1 Å². The number of hydrogen-bond acceptors (Lipinski definition) is 7. The number of carbonyl (C=O) groups excluding carboxylic acids is 1. The van der Waals surface area contributed by atoms with Crippen LogP contribution < -0.4 is 14.4 Å². The smallest absolute Gasteiger partial charge is 0.303 e. The molecule has 5 rings (SSSR count). The zero-order valence-corrected chi connectivity index (χ0v) is 23.2. The molecule has 1 unspecified atom stereocenters. The normalized spacial score (nSPS) is 19.5. The zero-order chi connectivity index (χ0) is 27.8. The average molecular weight is 560 g/mol. The molecule has 2 aliphatic heterocycles. The van der Waals surface area contributed by atoms with Crippen molar-refractivity contribution in [3.63, 3.8) is 0 Å². The molecule has 1 N–H and O–H groups in total. The predicted octanol–water partition coefficient (Wildman–Crippen LogP) is 3.69. The van der Waals surface area contributed by atoms with Gasteiger partial charge in [-0.3, -0.25) is 4.79 Å². The lowest BCUT2D eigenvalue weighted by Gasteiger charge is -2.36. The third kappa shape index (κ3) is 5.59. The second-order valence-corrected chi connectivity index (χ2v) is 12.1. The second-order valence-electron chi connectivity index (χ2n) is 10.3. The van der Waals surface area contributed by atoms with Crippen LogP contribution in [0.2, 0.25) is 0 Å². The lowest BCUT2D eigenvalue weighted by molar-refractivity contribution is -0.0349. The van der Waals surface area contributed by atoms with Crippen molar-refractivity contribution in [2.45, 2.75) is 51.2 Å². The van der Waals surface area contributed by atoms with Crippen molar-refractivity contribution in [2.24, 2.45) is 0 Å². The Morgan fingerprint density at radius 2 is 2.05 bits per heavy atom. The quantitative estimate of drug-likeness (QED) is 0.449. The Kier molecular flexibility index (Phi) is 7.53. The third-order valence-electron chi connectivity index (χ3n) is 7.65. The highest BCUT2D eigenvalue weighted by molar-refractivity contribution is 7.87. The molecule has 0 spiro atoms. The summed E-state index contributed by atoms with van der Waals surface area (Å²) in [5, 5.41) is 4.23. The summed E-state index contributed by atoms with van der Waals surface area (Å²) >= 11 is 0. The summed E-state index contributed by atoms with van der Waals surface area (Å²) in [5.74, 6) is -0.427. The maximum absolute atomic E-state index is 14.5. The number of nitrogens with one attached hydrogen (secondary N) is 1. The van der Waals surface area contributed by atoms with Crippen LogP contribution in [-0.2, 0) is 14.9 Å².